The van der Waals surface area contributed by atoms with Gasteiger partial charge in [0, 0.05) is 24.8 Å². The minimum atomic E-state index is -0.0775. The fraction of sp³-hybridized carbons (Fsp3) is 0.316. The number of amides is 1. The smallest absolute Gasteiger partial charge is 0.326 e. The number of rotatable bonds is 2. The number of carbonyl (C=O) groups is 1. The highest BCUT2D eigenvalue weighted by atomic mass is 16.2. The molecule has 1 N–H and O–H groups in total. The number of para-hydroxylation sites is 2. The molecule has 0 unspecified atom stereocenters. The first-order valence-corrected chi connectivity index (χ1v) is 8.55. The van der Waals surface area contributed by atoms with Crippen LogP contribution in [0.3, 0.4) is 0 Å². The number of nitrogens with zero attached hydrogens (tertiary/aromatic N) is 3. The molecule has 1 aliphatic rings. The van der Waals surface area contributed by atoms with Crippen molar-refractivity contribution in [1.82, 2.24) is 19.4 Å². The van der Waals surface area contributed by atoms with Crippen LogP contribution in [0, 0.1) is 6.92 Å². The van der Waals surface area contributed by atoms with Gasteiger partial charge in [-0.1, -0.05) is 18.2 Å². The topological polar surface area (TPSA) is 71.0 Å². The Morgan fingerprint density at radius 2 is 1.88 bits per heavy atom. The van der Waals surface area contributed by atoms with E-state index in [1.807, 2.05) is 52.8 Å². The lowest BCUT2D eigenvalue weighted by Crippen LogP contribution is -2.40. The quantitative estimate of drug-likeness (QED) is 0.782. The van der Waals surface area contributed by atoms with Gasteiger partial charge in [0.1, 0.15) is 5.69 Å². The third-order valence-electron chi connectivity index (χ3n) is 4.85. The van der Waals surface area contributed by atoms with Gasteiger partial charge in [0.2, 0.25) is 0 Å². The van der Waals surface area contributed by atoms with Crippen molar-refractivity contribution in [2.45, 2.75) is 25.8 Å². The van der Waals surface area contributed by atoms with E-state index < -0.39 is 0 Å². The van der Waals surface area contributed by atoms with Gasteiger partial charge in [-0.25, -0.2) is 9.78 Å². The van der Waals surface area contributed by atoms with E-state index in [9.17, 15) is 9.59 Å². The molecule has 1 amide bonds. The highest BCUT2D eigenvalue weighted by Gasteiger charge is 2.27. The van der Waals surface area contributed by atoms with Crippen molar-refractivity contribution in [2.75, 3.05) is 13.1 Å². The number of fused-ring (bicyclic) bond motifs is 1. The van der Waals surface area contributed by atoms with E-state index in [1.54, 1.807) is 6.07 Å². The Hall–Kier alpha value is -2.89. The number of aryl methyl sites for hydroxylation is 1. The van der Waals surface area contributed by atoms with Crippen LogP contribution < -0.4 is 5.69 Å². The van der Waals surface area contributed by atoms with E-state index in [2.05, 4.69) is 9.97 Å². The lowest BCUT2D eigenvalue weighted by atomic mass is 10.0. The summed E-state index contributed by atoms with van der Waals surface area (Å²) in [5.41, 5.74) is 3.03. The van der Waals surface area contributed by atoms with E-state index in [4.69, 9.17) is 0 Å². The van der Waals surface area contributed by atoms with Crippen molar-refractivity contribution < 1.29 is 4.79 Å². The Morgan fingerprint density at radius 3 is 2.64 bits per heavy atom. The maximum atomic E-state index is 12.6. The Bertz CT molecular complexity index is 980. The average Bonchev–Trinajstić information content (AvgIpc) is 2.97. The van der Waals surface area contributed by atoms with E-state index in [0.717, 1.165) is 29.6 Å². The van der Waals surface area contributed by atoms with Gasteiger partial charge in [0.05, 0.1) is 11.0 Å². The minimum Gasteiger partial charge on any atom is -0.337 e. The number of pyridine rings is 1. The molecule has 1 saturated heterocycles. The molecule has 0 atom stereocenters. The van der Waals surface area contributed by atoms with Crippen molar-refractivity contribution in [3.63, 3.8) is 0 Å². The SMILES string of the molecule is Cc1cccc(C(=O)N2CCC(n3c(=O)[nH]c4ccccc43)CC2)n1. The molecule has 128 valence electrons. The number of imidazole rings is 1. The molecule has 1 aliphatic heterocycles. The van der Waals surface area contributed by atoms with Gasteiger partial charge in [0.25, 0.3) is 5.91 Å². The fourth-order valence-electron chi connectivity index (χ4n) is 3.59. The summed E-state index contributed by atoms with van der Waals surface area (Å²) in [5.74, 6) is -0.0339. The molecule has 0 bridgehead atoms. The standard InChI is InChI=1S/C19H20N4O2/c1-13-5-4-7-16(20-13)18(24)22-11-9-14(10-12-22)23-17-8-3-2-6-15(17)21-19(23)25/h2-8,14H,9-12H2,1H3,(H,21,25). The minimum absolute atomic E-state index is 0.0339. The van der Waals surface area contributed by atoms with Gasteiger partial charge in [-0.15, -0.1) is 0 Å². The molecule has 3 aromatic rings. The molecule has 0 aliphatic carbocycles. The molecule has 3 heterocycles. The van der Waals surface area contributed by atoms with Gasteiger partial charge in [0.15, 0.2) is 0 Å². The van der Waals surface area contributed by atoms with Crippen LogP contribution in [0.2, 0.25) is 0 Å². The monoisotopic (exact) mass is 336 g/mol. The first-order chi connectivity index (χ1) is 12.1. The van der Waals surface area contributed by atoms with E-state index in [1.165, 1.54) is 0 Å². The third kappa shape index (κ3) is 2.84. The second-order valence-corrected chi connectivity index (χ2v) is 6.50. The third-order valence-corrected chi connectivity index (χ3v) is 4.85. The predicted octanol–water partition coefficient (Wildman–Crippen LogP) is 2.51. The molecule has 6 heteroatoms. The molecule has 0 radical (unpaired) electrons. The zero-order chi connectivity index (χ0) is 17.4. The number of benzene rings is 1. The van der Waals surface area contributed by atoms with Crippen LogP contribution in [0.15, 0.2) is 47.3 Å². The number of hydrogen-bond acceptors (Lipinski definition) is 3. The molecule has 25 heavy (non-hydrogen) atoms. The summed E-state index contributed by atoms with van der Waals surface area (Å²) < 4.78 is 1.84. The highest BCUT2D eigenvalue weighted by Crippen LogP contribution is 2.25. The van der Waals surface area contributed by atoms with Crippen LogP contribution >= 0.6 is 0 Å². The first-order valence-electron chi connectivity index (χ1n) is 8.55. The largest absolute Gasteiger partial charge is 0.337 e. The molecule has 1 fully saturated rings. The summed E-state index contributed by atoms with van der Waals surface area (Å²) in [7, 11) is 0. The molecule has 6 nitrogen and oxygen atoms in total. The van der Waals surface area contributed by atoms with Gasteiger partial charge >= 0.3 is 5.69 Å². The van der Waals surface area contributed by atoms with Gasteiger partial charge in [-0.05, 0) is 44.0 Å². The van der Waals surface area contributed by atoms with Crippen molar-refractivity contribution in [1.29, 1.82) is 0 Å². The molecular weight excluding hydrogens is 316 g/mol. The molecule has 0 saturated carbocycles. The molecule has 0 spiro atoms. The number of carbonyl (C=O) groups excluding carboxylic acids is 1. The number of aromatic amines is 1. The van der Waals surface area contributed by atoms with Gasteiger partial charge in [-0.2, -0.15) is 0 Å². The Morgan fingerprint density at radius 1 is 1.12 bits per heavy atom. The van der Waals surface area contributed by atoms with E-state index in [0.29, 0.717) is 18.8 Å². The number of aromatic nitrogens is 3. The second kappa shape index (κ2) is 6.20. The maximum Gasteiger partial charge on any atom is 0.326 e. The number of nitrogens with one attached hydrogen (secondary N) is 1. The van der Waals surface area contributed by atoms with Crippen molar-refractivity contribution >= 4 is 16.9 Å². The fourth-order valence-corrected chi connectivity index (χ4v) is 3.59. The molecule has 1 aromatic carbocycles. The summed E-state index contributed by atoms with van der Waals surface area (Å²) in [4.78, 5) is 34.0. The highest BCUT2D eigenvalue weighted by molar-refractivity contribution is 5.92. The predicted molar refractivity (Wildman–Crippen MR) is 95.7 cm³/mol. The summed E-state index contributed by atoms with van der Waals surface area (Å²) in [5, 5.41) is 0. The van der Waals surface area contributed by atoms with Crippen LogP contribution in [0.5, 0.6) is 0 Å². The van der Waals surface area contributed by atoms with E-state index >= 15 is 0 Å². The molecule has 2 aromatic heterocycles. The van der Waals surface area contributed by atoms with Crippen LogP contribution in [-0.4, -0.2) is 38.4 Å². The van der Waals surface area contributed by atoms with Crippen LogP contribution in [0.4, 0.5) is 0 Å². The van der Waals surface area contributed by atoms with Gasteiger partial charge < -0.3 is 9.88 Å². The molecular formula is C19H20N4O2. The maximum absolute atomic E-state index is 12.6. The Kier molecular flexibility index (Phi) is 3.87. The van der Waals surface area contributed by atoms with E-state index in [-0.39, 0.29) is 17.6 Å². The van der Waals surface area contributed by atoms with Crippen LogP contribution in [-0.2, 0) is 0 Å². The van der Waals surface area contributed by atoms with Crippen molar-refractivity contribution in [2.24, 2.45) is 0 Å². The van der Waals surface area contributed by atoms with Crippen molar-refractivity contribution in [3.8, 4) is 0 Å². The summed E-state index contributed by atoms with van der Waals surface area (Å²) in [6.45, 7) is 3.14. The summed E-state index contributed by atoms with van der Waals surface area (Å²) in [6.07, 6.45) is 1.53. The summed E-state index contributed by atoms with van der Waals surface area (Å²) >= 11 is 0. The summed E-state index contributed by atoms with van der Waals surface area (Å²) in [6, 6.07) is 13.3. The van der Waals surface area contributed by atoms with Gasteiger partial charge in [-0.3, -0.25) is 9.36 Å². The first kappa shape index (κ1) is 15.6. The zero-order valence-corrected chi connectivity index (χ0v) is 14.1. The Labute approximate surface area is 145 Å². The number of piperidine rings is 1. The van der Waals surface area contributed by atoms with Crippen LogP contribution in [0.25, 0.3) is 11.0 Å². The van der Waals surface area contributed by atoms with Crippen LogP contribution in [0.1, 0.15) is 35.1 Å². The number of likely N-dealkylation sites (tertiary alicyclic amines) is 1. The Balaban J connectivity index is 1.52. The number of hydrogen-bond donors (Lipinski definition) is 1. The molecule has 4 rings (SSSR count). The lowest BCUT2D eigenvalue weighted by Gasteiger charge is -2.32. The average molecular weight is 336 g/mol. The zero-order valence-electron chi connectivity index (χ0n) is 14.1. The normalized spacial score (nSPS) is 15.6. The second-order valence-electron chi connectivity index (χ2n) is 6.50. The number of H-pyrrole nitrogens is 1. The van der Waals surface area contributed by atoms with Crippen molar-refractivity contribution in [3.05, 3.63) is 64.3 Å². The lowest BCUT2D eigenvalue weighted by molar-refractivity contribution is 0.0689.